The van der Waals surface area contributed by atoms with Gasteiger partial charge in [-0.25, -0.2) is 8.42 Å². The smallest absolute Gasteiger partial charge is 0.243 e. The lowest BCUT2D eigenvalue weighted by Crippen LogP contribution is -2.36. The molecule has 0 aliphatic rings. The van der Waals surface area contributed by atoms with Gasteiger partial charge in [0.25, 0.3) is 0 Å². The minimum atomic E-state index is -3.41. The van der Waals surface area contributed by atoms with Crippen molar-refractivity contribution in [2.75, 3.05) is 13.6 Å². The van der Waals surface area contributed by atoms with Gasteiger partial charge in [0.15, 0.2) is 0 Å². The summed E-state index contributed by atoms with van der Waals surface area (Å²) in [7, 11) is -1.55. The molecule has 0 fully saturated rings. The number of hydrogen-bond donors (Lipinski definition) is 1. The predicted molar refractivity (Wildman–Crippen MR) is 78.6 cm³/mol. The van der Waals surface area contributed by atoms with E-state index in [0.29, 0.717) is 11.4 Å². The molecule has 0 aliphatic heterocycles. The van der Waals surface area contributed by atoms with Crippen molar-refractivity contribution in [1.29, 1.82) is 0 Å². The van der Waals surface area contributed by atoms with Crippen LogP contribution in [0.25, 0.3) is 0 Å². The van der Waals surface area contributed by atoms with Crippen LogP contribution < -0.4 is 5.32 Å². The monoisotopic (exact) mass is 284 g/mol. The second-order valence-electron chi connectivity index (χ2n) is 4.88. The number of nitrogens with one attached hydrogen (secondary N) is 1. The Morgan fingerprint density at radius 3 is 2.37 bits per heavy atom. The maximum atomic E-state index is 12.6. The summed E-state index contributed by atoms with van der Waals surface area (Å²) >= 11 is 0. The van der Waals surface area contributed by atoms with E-state index in [2.05, 4.69) is 5.32 Å². The first-order valence-electron chi connectivity index (χ1n) is 6.63. The van der Waals surface area contributed by atoms with E-state index in [9.17, 15) is 8.42 Å². The third-order valence-corrected chi connectivity index (χ3v) is 5.43. The number of rotatable bonds is 6. The van der Waals surface area contributed by atoms with E-state index in [-0.39, 0.29) is 12.1 Å². The van der Waals surface area contributed by atoms with Crippen LogP contribution in [0.2, 0.25) is 0 Å². The van der Waals surface area contributed by atoms with E-state index in [1.54, 1.807) is 18.2 Å². The average molecular weight is 284 g/mol. The Kier molecular flexibility index (Phi) is 5.52. The van der Waals surface area contributed by atoms with Crippen LogP contribution in [0.5, 0.6) is 0 Å². The molecule has 1 unspecified atom stereocenters. The van der Waals surface area contributed by atoms with E-state index in [1.165, 1.54) is 4.31 Å². The van der Waals surface area contributed by atoms with Crippen LogP contribution in [-0.2, 0) is 10.0 Å². The molecule has 0 heterocycles. The van der Waals surface area contributed by atoms with Crippen LogP contribution >= 0.6 is 0 Å². The number of sulfonamides is 1. The van der Waals surface area contributed by atoms with Crippen molar-refractivity contribution in [1.82, 2.24) is 9.62 Å². The van der Waals surface area contributed by atoms with E-state index in [4.69, 9.17) is 0 Å². The molecule has 108 valence electrons. The molecule has 1 aromatic rings. The van der Waals surface area contributed by atoms with Crippen LogP contribution in [0.3, 0.4) is 0 Å². The highest BCUT2D eigenvalue weighted by Gasteiger charge is 2.25. The zero-order valence-corrected chi connectivity index (χ0v) is 13.2. The van der Waals surface area contributed by atoms with Crippen molar-refractivity contribution < 1.29 is 8.42 Å². The van der Waals surface area contributed by atoms with Gasteiger partial charge in [0.05, 0.1) is 4.90 Å². The second-order valence-corrected chi connectivity index (χ2v) is 6.78. The van der Waals surface area contributed by atoms with Gasteiger partial charge >= 0.3 is 0 Å². The van der Waals surface area contributed by atoms with Gasteiger partial charge in [-0.3, -0.25) is 0 Å². The normalized spacial score (nSPS) is 14.1. The molecule has 0 radical (unpaired) electrons. The van der Waals surface area contributed by atoms with E-state index in [0.717, 1.165) is 5.56 Å². The molecule has 0 aromatic heterocycles. The molecule has 0 saturated heterocycles. The highest BCUT2D eigenvalue weighted by molar-refractivity contribution is 7.89. The molecule has 19 heavy (non-hydrogen) atoms. The van der Waals surface area contributed by atoms with Crippen LogP contribution in [0.15, 0.2) is 29.2 Å². The first-order valence-corrected chi connectivity index (χ1v) is 8.07. The fraction of sp³-hybridized carbons (Fsp3) is 0.571. The summed E-state index contributed by atoms with van der Waals surface area (Å²) in [5.74, 6) is 0. The topological polar surface area (TPSA) is 49.4 Å². The minimum Gasteiger partial charge on any atom is -0.313 e. The van der Waals surface area contributed by atoms with E-state index >= 15 is 0 Å². The molecule has 0 bridgehead atoms. The molecule has 0 saturated carbocycles. The summed E-state index contributed by atoms with van der Waals surface area (Å²) in [5, 5.41) is 3.12. The van der Waals surface area contributed by atoms with Crippen molar-refractivity contribution in [3.63, 3.8) is 0 Å². The van der Waals surface area contributed by atoms with Crippen LogP contribution in [0, 0.1) is 0 Å². The van der Waals surface area contributed by atoms with Gasteiger partial charge in [-0.05, 0) is 45.5 Å². The van der Waals surface area contributed by atoms with Crippen molar-refractivity contribution in [2.45, 2.75) is 44.7 Å². The molecule has 1 N–H and O–H groups in total. The Hall–Kier alpha value is -0.910. The van der Waals surface area contributed by atoms with Gasteiger partial charge in [-0.15, -0.1) is 0 Å². The van der Waals surface area contributed by atoms with Crippen molar-refractivity contribution >= 4 is 10.0 Å². The molecule has 5 heteroatoms. The van der Waals surface area contributed by atoms with Gasteiger partial charge in [0.1, 0.15) is 0 Å². The lowest BCUT2D eigenvalue weighted by atomic mass is 10.1. The van der Waals surface area contributed by atoms with Gasteiger partial charge in [0, 0.05) is 18.6 Å². The first-order chi connectivity index (χ1) is 8.84. The zero-order valence-electron chi connectivity index (χ0n) is 12.3. The molecule has 1 rings (SSSR count). The lowest BCUT2D eigenvalue weighted by molar-refractivity contribution is 0.369. The van der Waals surface area contributed by atoms with Crippen molar-refractivity contribution in [2.24, 2.45) is 0 Å². The molecule has 1 atom stereocenters. The largest absolute Gasteiger partial charge is 0.313 e. The van der Waals surface area contributed by atoms with E-state index in [1.807, 2.05) is 40.8 Å². The molecule has 4 nitrogen and oxygen atoms in total. The minimum absolute atomic E-state index is 0.0413. The fourth-order valence-electron chi connectivity index (χ4n) is 2.06. The van der Waals surface area contributed by atoms with E-state index < -0.39 is 10.0 Å². The van der Waals surface area contributed by atoms with Crippen LogP contribution in [0.1, 0.15) is 39.3 Å². The summed E-state index contributed by atoms with van der Waals surface area (Å²) in [6.45, 7) is 8.12. The van der Waals surface area contributed by atoms with Gasteiger partial charge in [0.2, 0.25) is 10.0 Å². The Labute approximate surface area is 116 Å². The predicted octanol–water partition coefficient (Wildman–Crippen LogP) is 2.39. The standard InChI is InChI=1S/C14H24N2O2S/c1-6-16(11(2)3)19(17,18)14-9-7-8-13(10-14)12(4)15-5/h7-12,15H,6H2,1-5H3. The van der Waals surface area contributed by atoms with Gasteiger partial charge in [-0.1, -0.05) is 19.1 Å². The molecule has 0 amide bonds. The summed E-state index contributed by atoms with van der Waals surface area (Å²) in [5.41, 5.74) is 0.975. The maximum absolute atomic E-state index is 12.6. The summed E-state index contributed by atoms with van der Waals surface area (Å²) < 4.78 is 26.7. The highest BCUT2D eigenvalue weighted by atomic mass is 32.2. The summed E-state index contributed by atoms with van der Waals surface area (Å²) in [6.07, 6.45) is 0. The van der Waals surface area contributed by atoms with Crippen LogP contribution in [0.4, 0.5) is 0 Å². The van der Waals surface area contributed by atoms with Crippen molar-refractivity contribution in [3.05, 3.63) is 29.8 Å². The fourth-order valence-corrected chi connectivity index (χ4v) is 3.76. The Balaban J connectivity index is 3.22. The molecular formula is C14H24N2O2S. The van der Waals surface area contributed by atoms with Gasteiger partial charge in [-0.2, -0.15) is 4.31 Å². The lowest BCUT2D eigenvalue weighted by Gasteiger charge is -2.24. The molecule has 1 aromatic carbocycles. The number of benzene rings is 1. The molecule has 0 spiro atoms. The third-order valence-electron chi connectivity index (χ3n) is 3.29. The maximum Gasteiger partial charge on any atom is 0.243 e. The Bertz CT molecular complexity index is 512. The molecule has 0 aliphatic carbocycles. The SMILES string of the molecule is CCN(C(C)C)S(=O)(=O)c1cccc(C(C)NC)c1. The quantitative estimate of drug-likeness (QED) is 0.872. The average Bonchev–Trinajstić information content (AvgIpc) is 2.38. The van der Waals surface area contributed by atoms with Crippen LogP contribution in [-0.4, -0.2) is 32.4 Å². The highest BCUT2D eigenvalue weighted by Crippen LogP contribution is 2.21. The Morgan fingerprint density at radius 1 is 1.26 bits per heavy atom. The number of nitrogens with zero attached hydrogens (tertiary/aromatic N) is 1. The first kappa shape index (κ1) is 16.1. The Morgan fingerprint density at radius 2 is 1.89 bits per heavy atom. The van der Waals surface area contributed by atoms with Crippen molar-refractivity contribution in [3.8, 4) is 0 Å². The van der Waals surface area contributed by atoms with Gasteiger partial charge < -0.3 is 5.32 Å². The second kappa shape index (κ2) is 6.50. The summed E-state index contributed by atoms with van der Waals surface area (Å²) in [4.78, 5) is 0.364. The third kappa shape index (κ3) is 3.55. The zero-order chi connectivity index (χ0) is 14.6. The number of hydrogen-bond acceptors (Lipinski definition) is 3. The summed E-state index contributed by atoms with van der Waals surface area (Å²) in [6, 6.07) is 7.23. The molecular weight excluding hydrogens is 260 g/mol.